The number of hydrogen-bond donors (Lipinski definition) is 1. The predicted octanol–water partition coefficient (Wildman–Crippen LogP) is 2.30. The fraction of sp³-hybridized carbons (Fsp3) is 0.417. The summed E-state index contributed by atoms with van der Waals surface area (Å²) >= 11 is 1.55. The summed E-state index contributed by atoms with van der Waals surface area (Å²) in [6.07, 6.45) is 1.49. The van der Waals surface area contributed by atoms with Crippen molar-refractivity contribution in [3.8, 4) is 0 Å². The Labute approximate surface area is 109 Å². The minimum absolute atomic E-state index is 0.0548. The van der Waals surface area contributed by atoms with Crippen LogP contribution in [0.5, 0.6) is 0 Å². The van der Waals surface area contributed by atoms with Gasteiger partial charge in [0.15, 0.2) is 5.82 Å². The Morgan fingerprint density at radius 2 is 2.22 bits per heavy atom. The smallest absolute Gasteiger partial charge is 0.323 e. The highest BCUT2D eigenvalue weighted by atomic mass is 32.1. The van der Waals surface area contributed by atoms with Crippen LogP contribution in [0.1, 0.15) is 19.4 Å². The molecule has 2 heterocycles. The van der Waals surface area contributed by atoms with E-state index in [4.69, 9.17) is 5.11 Å². The highest BCUT2D eigenvalue weighted by Gasteiger charge is 2.19. The monoisotopic (exact) mass is 265 g/mol. The Morgan fingerprint density at radius 1 is 1.50 bits per heavy atom. The number of aryl methyl sites for hydroxylation is 1. The zero-order valence-electron chi connectivity index (χ0n) is 10.5. The van der Waals surface area contributed by atoms with Crippen LogP contribution in [-0.4, -0.2) is 33.6 Å². The molecule has 0 bridgehead atoms. The van der Waals surface area contributed by atoms with E-state index in [0.29, 0.717) is 5.82 Å². The molecule has 0 spiro atoms. The molecule has 0 atom stereocenters. The fourth-order valence-electron chi connectivity index (χ4n) is 1.81. The molecule has 0 aliphatic rings. The molecule has 0 aliphatic carbocycles. The number of aromatic nitrogens is 2. The third-order valence-corrected chi connectivity index (χ3v) is 3.80. The highest BCUT2D eigenvalue weighted by molar-refractivity contribution is 7.18. The third-order valence-electron chi connectivity index (χ3n) is 2.71. The summed E-state index contributed by atoms with van der Waals surface area (Å²) in [5, 5.41) is 11.0. The van der Waals surface area contributed by atoms with Crippen LogP contribution in [0.3, 0.4) is 0 Å². The lowest BCUT2D eigenvalue weighted by atomic mass is 10.2. The van der Waals surface area contributed by atoms with E-state index in [0.717, 1.165) is 15.8 Å². The Morgan fingerprint density at radius 3 is 2.83 bits per heavy atom. The van der Waals surface area contributed by atoms with Crippen molar-refractivity contribution in [3.63, 3.8) is 0 Å². The molecule has 2 rings (SSSR count). The number of hydrogen-bond acceptors (Lipinski definition) is 5. The van der Waals surface area contributed by atoms with Crippen LogP contribution in [0.25, 0.3) is 10.2 Å². The average molecular weight is 265 g/mol. The van der Waals surface area contributed by atoms with Crippen molar-refractivity contribution < 1.29 is 9.90 Å². The molecule has 18 heavy (non-hydrogen) atoms. The lowest BCUT2D eigenvalue weighted by molar-refractivity contribution is -0.135. The minimum atomic E-state index is -0.858. The van der Waals surface area contributed by atoms with Crippen LogP contribution in [-0.2, 0) is 4.79 Å². The van der Waals surface area contributed by atoms with Gasteiger partial charge in [0.25, 0.3) is 0 Å². The summed E-state index contributed by atoms with van der Waals surface area (Å²) in [7, 11) is 0. The van der Waals surface area contributed by atoms with Gasteiger partial charge in [-0.2, -0.15) is 0 Å². The molecule has 2 aromatic rings. The molecule has 0 radical (unpaired) electrons. The van der Waals surface area contributed by atoms with E-state index in [1.807, 2.05) is 26.2 Å². The number of carboxylic acids is 1. The van der Waals surface area contributed by atoms with Gasteiger partial charge in [-0.3, -0.25) is 4.79 Å². The number of nitrogens with zero attached hydrogens (tertiary/aromatic N) is 3. The first-order chi connectivity index (χ1) is 8.50. The first-order valence-corrected chi connectivity index (χ1v) is 6.56. The summed E-state index contributed by atoms with van der Waals surface area (Å²) in [6, 6.07) is 0.0709. The molecule has 0 aliphatic heterocycles. The minimum Gasteiger partial charge on any atom is -0.480 e. The predicted molar refractivity (Wildman–Crippen MR) is 72.3 cm³/mol. The maximum absolute atomic E-state index is 10.9. The van der Waals surface area contributed by atoms with Gasteiger partial charge in [0.1, 0.15) is 12.9 Å². The number of rotatable bonds is 4. The van der Waals surface area contributed by atoms with Crippen molar-refractivity contribution in [2.45, 2.75) is 26.8 Å². The van der Waals surface area contributed by atoms with E-state index in [2.05, 4.69) is 9.97 Å². The van der Waals surface area contributed by atoms with Gasteiger partial charge < -0.3 is 10.0 Å². The average Bonchev–Trinajstić information content (AvgIpc) is 2.68. The Balaban J connectivity index is 2.53. The third kappa shape index (κ3) is 2.28. The SMILES string of the molecule is Cc1csc2c(N(CC(=O)O)C(C)C)ncnc12. The van der Waals surface area contributed by atoms with E-state index in [9.17, 15) is 4.79 Å². The summed E-state index contributed by atoms with van der Waals surface area (Å²) in [4.78, 5) is 21.2. The molecule has 2 aromatic heterocycles. The topological polar surface area (TPSA) is 66.3 Å². The molecule has 5 nitrogen and oxygen atoms in total. The molecule has 6 heteroatoms. The van der Waals surface area contributed by atoms with Gasteiger partial charge in [0, 0.05) is 6.04 Å². The highest BCUT2D eigenvalue weighted by Crippen LogP contribution is 2.31. The second-order valence-electron chi connectivity index (χ2n) is 4.41. The van der Waals surface area contributed by atoms with Crippen molar-refractivity contribution in [1.29, 1.82) is 0 Å². The van der Waals surface area contributed by atoms with Crippen molar-refractivity contribution in [2.24, 2.45) is 0 Å². The van der Waals surface area contributed by atoms with Gasteiger partial charge in [-0.25, -0.2) is 9.97 Å². The van der Waals surface area contributed by atoms with Crippen LogP contribution in [0.15, 0.2) is 11.7 Å². The van der Waals surface area contributed by atoms with E-state index in [1.165, 1.54) is 6.33 Å². The summed E-state index contributed by atoms with van der Waals surface area (Å²) in [6.45, 7) is 5.85. The van der Waals surface area contributed by atoms with E-state index in [1.54, 1.807) is 16.2 Å². The van der Waals surface area contributed by atoms with E-state index >= 15 is 0 Å². The number of aliphatic carboxylic acids is 1. The van der Waals surface area contributed by atoms with Crippen molar-refractivity contribution in [2.75, 3.05) is 11.4 Å². The second-order valence-corrected chi connectivity index (χ2v) is 5.29. The van der Waals surface area contributed by atoms with Crippen LogP contribution < -0.4 is 4.90 Å². The Bertz CT molecular complexity index is 580. The Hall–Kier alpha value is -1.69. The molecule has 0 aromatic carbocycles. The molecular weight excluding hydrogens is 250 g/mol. The van der Waals surface area contributed by atoms with Gasteiger partial charge in [-0.1, -0.05) is 0 Å². The standard InChI is InChI=1S/C12H15N3O2S/c1-7(2)15(4-9(16)17)12-11-10(13-6-14-12)8(3)5-18-11/h5-7H,4H2,1-3H3,(H,16,17). The summed E-state index contributed by atoms with van der Waals surface area (Å²) < 4.78 is 0.949. The first-order valence-electron chi connectivity index (χ1n) is 5.68. The van der Waals surface area contributed by atoms with Crippen LogP contribution in [0, 0.1) is 6.92 Å². The quantitative estimate of drug-likeness (QED) is 0.918. The number of thiophene rings is 1. The number of carbonyl (C=O) groups is 1. The van der Waals surface area contributed by atoms with Gasteiger partial charge in [-0.15, -0.1) is 11.3 Å². The lowest BCUT2D eigenvalue weighted by Crippen LogP contribution is -2.36. The Kier molecular flexibility index (Phi) is 3.47. The van der Waals surface area contributed by atoms with Crippen molar-refractivity contribution in [1.82, 2.24) is 9.97 Å². The van der Waals surface area contributed by atoms with Gasteiger partial charge in [-0.05, 0) is 31.7 Å². The van der Waals surface area contributed by atoms with Crippen LogP contribution in [0.4, 0.5) is 5.82 Å². The zero-order valence-corrected chi connectivity index (χ0v) is 11.4. The molecule has 0 amide bonds. The molecule has 1 N–H and O–H groups in total. The van der Waals surface area contributed by atoms with Gasteiger partial charge in [0.05, 0.1) is 10.2 Å². The van der Waals surface area contributed by atoms with Crippen LogP contribution in [0.2, 0.25) is 0 Å². The first kappa shape index (κ1) is 12.8. The van der Waals surface area contributed by atoms with Crippen molar-refractivity contribution in [3.05, 3.63) is 17.3 Å². The summed E-state index contributed by atoms with van der Waals surface area (Å²) in [5.41, 5.74) is 2.00. The lowest BCUT2D eigenvalue weighted by Gasteiger charge is -2.26. The van der Waals surface area contributed by atoms with Crippen molar-refractivity contribution >= 4 is 33.3 Å². The van der Waals surface area contributed by atoms with Gasteiger partial charge >= 0.3 is 5.97 Å². The molecule has 96 valence electrons. The van der Waals surface area contributed by atoms with Crippen LogP contribution >= 0.6 is 11.3 Å². The molecular formula is C12H15N3O2S. The van der Waals surface area contributed by atoms with E-state index in [-0.39, 0.29) is 12.6 Å². The largest absolute Gasteiger partial charge is 0.480 e. The zero-order chi connectivity index (χ0) is 13.3. The fourth-order valence-corrected chi connectivity index (χ4v) is 2.82. The number of fused-ring (bicyclic) bond motifs is 1. The molecule has 0 saturated carbocycles. The summed E-state index contributed by atoms with van der Waals surface area (Å²) in [5.74, 6) is -0.153. The number of carboxylic acid groups (broad SMARTS) is 1. The number of anilines is 1. The molecule has 0 unspecified atom stereocenters. The van der Waals surface area contributed by atoms with E-state index < -0.39 is 5.97 Å². The molecule has 0 fully saturated rings. The van der Waals surface area contributed by atoms with Gasteiger partial charge in [0.2, 0.25) is 0 Å². The maximum atomic E-state index is 10.9. The maximum Gasteiger partial charge on any atom is 0.323 e. The normalized spacial score (nSPS) is 11.1. The second kappa shape index (κ2) is 4.89. The molecule has 0 saturated heterocycles.